The highest BCUT2D eigenvalue weighted by Crippen LogP contribution is 2.28. The molecule has 0 bridgehead atoms. The molecule has 0 aromatic rings. The minimum Gasteiger partial charge on any atom is -0.317 e. The Morgan fingerprint density at radius 1 is 0.882 bits per heavy atom. The van der Waals surface area contributed by atoms with Gasteiger partial charge in [0.25, 0.3) is 0 Å². The summed E-state index contributed by atoms with van der Waals surface area (Å²) in [5.41, 5.74) is 0. The molecule has 0 heterocycles. The number of hydrogen-bond donors (Lipinski definition) is 1. The maximum absolute atomic E-state index is 3.52. The van der Waals surface area contributed by atoms with Crippen molar-refractivity contribution < 1.29 is 0 Å². The average molecular weight is 239 g/mol. The molecule has 1 fully saturated rings. The molecule has 0 aromatic heterocycles. The Morgan fingerprint density at radius 3 is 2.24 bits per heavy atom. The first-order chi connectivity index (χ1) is 8.38. The van der Waals surface area contributed by atoms with Gasteiger partial charge >= 0.3 is 0 Å². The second-order valence-electron chi connectivity index (χ2n) is 5.85. The van der Waals surface area contributed by atoms with Gasteiger partial charge in [0.1, 0.15) is 0 Å². The van der Waals surface area contributed by atoms with Gasteiger partial charge < -0.3 is 5.32 Å². The summed E-state index contributed by atoms with van der Waals surface area (Å²) in [4.78, 5) is 0. The van der Waals surface area contributed by atoms with Gasteiger partial charge in [-0.25, -0.2) is 0 Å². The zero-order valence-electron chi connectivity index (χ0n) is 12.1. The first-order valence-corrected chi connectivity index (χ1v) is 8.05. The number of hydrogen-bond acceptors (Lipinski definition) is 1. The molecule has 0 amide bonds. The lowest BCUT2D eigenvalue weighted by atomic mass is 9.81. The Balaban J connectivity index is 1.97. The zero-order valence-corrected chi connectivity index (χ0v) is 12.1. The molecule has 0 spiro atoms. The molecule has 1 nitrogen and oxygen atoms in total. The molecule has 1 aliphatic carbocycles. The van der Waals surface area contributed by atoms with E-state index in [1.807, 2.05) is 0 Å². The molecule has 17 heavy (non-hydrogen) atoms. The molecule has 102 valence electrons. The number of unbranched alkanes of at least 4 members (excludes halogenated alkanes) is 6. The van der Waals surface area contributed by atoms with Crippen LogP contribution in [0.1, 0.15) is 84.0 Å². The maximum Gasteiger partial charge on any atom is 0.00923 e. The summed E-state index contributed by atoms with van der Waals surface area (Å²) in [5.74, 6) is 0.976. The Hall–Kier alpha value is -0.0400. The summed E-state index contributed by atoms with van der Waals surface area (Å²) in [5, 5.41) is 3.52. The summed E-state index contributed by atoms with van der Waals surface area (Å²) >= 11 is 0. The van der Waals surface area contributed by atoms with Crippen molar-refractivity contribution in [3.8, 4) is 0 Å². The normalized spacial score (nSPS) is 25.1. The predicted molar refractivity (Wildman–Crippen MR) is 77.4 cm³/mol. The number of rotatable bonds is 9. The maximum atomic E-state index is 3.52. The van der Waals surface area contributed by atoms with Gasteiger partial charge in [-0.05, 0) is 32.2 Å². The van der Waals surface area contributed by atoms with E-state index >= 15 is 0 Å². The van der Waals surface area contributed by atoms with Gasteiger partial charge in [-0.15, -0.1) is 0 Å². The van der Waals surface area contributed by atoms with E-state index in [1.54, 1.807) is 0 Å². The van der Waals surface area contributed by atoms with Crippen LogP contribution in [0.3, 0.4) is 0 Å². The van der Waals surface area contributed by atoms with Crippen molar-refractivity contribution >= 4 is 0 Å². The van der Waals surface area contributed by atoms with Crippen LogP contribution in [0.5, 0.6) is 0 Å². The molecule has 0 saturated heterocycles. The largest absolute Gasteiger partial charge is 0.317 e. The number of nitrogens with one attached hydrogen (secondary N) is 1. The lowest BCUT2D eigenvalue weighted by Gasteiger charge is -2.31. The molecule has 0 aromatic carbocycles. The molecule has 1 rings (SSSR count). The van der Waals surface area contributed by atoms with E-state index in [4.69, 9.17) is 0 Å². The third-order valence-electron chi connectivity index (χ3n) is 4.46. The van der Waals surface area contributed by atoms with Crippen molar-refractivity contribution in [3.63, 3.8) is 0 Å². The Kier molecular flexibility index (Phi) is 8.78. The van der Waals surface area contributed by atoms with E-state index in [1.165, 1.54) is 77.0 Å². The molecule has 1 N–H and O–H groups in total. The molecule has 2 unspecified atom stereocenters. The third-order valence-corrected chi connectivity index (χ3v) is 4.46. The summed E-state index contributed by atoms with van der Waals surface area (Å²) < 4.78 is 0. The van der Waals surface area contributed by atoms with Gasteiger partial charge in [-0.2, -0.15) is 0 Å². The van der Waals surface area contributed by atoms with Gasteiger partial charge in [0, 0.05) is 6.04 Å². The second kappa shape index (κ2) is 9.94. The summed E-state index contributed by atoms with van der Waals surface area (Å²) in [6.45, 7) is 2.29. The van der Waals surface area contributed by atoms with Crippen molar-refractivity contribution in [2.24, 2.45) is 5.92 Å². The Labute approximate surface area is 109 Å². The van der Waals surface area contributed by atoms with E-state index in [2.05, 4.69) is 19.3 Å². The van der Waals surface area contributed by atoms with Crippen molar-refractivity contribution in [1.29, 1.82) is 0 Å². The molecule has 1 saturated carbocycles. The summed E-state index contributed by atoms with van der Waals surface area (Å²) in [6, 6.07) is 0.823. The molecule has 0 radical (unpaired) electrons. The lowest BCUT2D eigenvalue weighted by Crippen LogP contribution is -2.36. The van der Waals surface area contributed by atoms with Crippen LogP contribution in [0.2, 0.25) is 0 Å². The topological polar surface area (TPSA) is 12.0 Å². The smallest absolute Gasteiger partial charge is 0.00923 e. The highest BCUT2D eigenvalue weighted by Gasteiger charge is 2.22. The van der Waals surface area contributed by atoms with Crippen molar-refractivity contribution in [3.05, 3.63) is 0 Å². The quantitative estimate of drug-likeness (QED) is 0.564. The average Bonchev–Trinajstić information content (AvgIpc) is 2.38. The minimum absolute atomic E-state index is 0.823. The Bertz CT molecular complexity index is 167. The van der Waals surface area contributed by atoms with Crippen LogP contribution in [0, 0.1) is 5.92 Å². The highest BCUT2D eigenvalue weighted by molar-refractivity contribution is 4.79. The van der Waals surface area contributed by atoms with E-state index in [9.17, 15) is 0 Å². The van der Waals surface area contributed by atoms with Crippen LogP contribution < -0.4 is 5.32 Å². The van der Waals surface area contributed by atoms with Crippen molar-refractivity contribution in [2.45, 2.75) is 90.0 Å². The van der Waals surface area contributed by atoms with E-state index < -0.39 is 0 Å². The fraction of sp³-hybridized carbons (Fsp3) is 1.00. The molecule has 0 aliphatic heterocycles. The molecular formula is C16H33N. The van der Waals surface area contributed by atoms with Gasteiger partial charge in [-0.3, -0.25) is 0 Å². The van der Waals surface area contributed by atoms with Crippen LogP contribution in [0.25, 0.3) is 0 Å². The van der Waals surface area contributed by atoms with E-state index in [0.717, 1.165) is 12.0 Å². The van der Waals surface area contributed by atoms with Crippen LogP contribution >= 0.6 is 0 Å². The van der Waals surface area contributed by atoms with Gasteiger partial charge in [-0.1, -0.05) is 64.7 Å². The molecular weight excluding hydrogens is 206 g/mol. The zero-order chi connectivity index (χ0) is 12.3. The standard InChI is InChI=1S/C16H33N/c1-3-4-5-6-7-8-9-12-15-13-10-11-14-16(15)17-2/h15-17H,3-14H2,1-2H3. The van der Waals surface area contributed by atoms with Gasteiger partial charge in [0.05, 0.1) is 0 Å². The third kappa shape index (κ3) is 6.45. The Morgan fingerprint density at radius 2 is 1.53 bits per heavy atom. The van der Waals surface area contributed by atoms with Crippen LogP contribution in [0.15, 0.2) is 0 Å². The fourth-order valence-corrected chi connectivity index (χ4v) is 3.30. The summed E-state index contributed by atoms with van der Waals surface area (Å²) in [7, 11) is 2.15. The van der Waals surface area contributed by atoms with Gasteiger partial charge in [0.15, 0.2) is 0 Å². The van der Waals surface area contributed by atoms with Crippen LogP contribution in [-0.4, -0.2) is 13.1 Å². The van der Waals surface area contributed by atoms with Crippen molar-refractivity contribution in [2.75, 3.05) is 7.05 Å². The minimum atomic E-state index is 0.823. The molecule has 2 atom stereocenters. The lowest BCUT2D eigenvalue weighted by molar-refractivity contribution is 0.254. The van der Waals surface area contributed by atoms with Gasteiger partial charge in [0.2, 0.25) is 0 Å². The SMILES string of the molecule is CCCCCCCCCC1CCCCC1NC. The first-order valence-electron chi connectivity index (χ1n) is 8.05. The summed E-state index contributed by atoms with van der Waals surface area (Å²) in [6.07, 6.45) is 17.4. The first kappa shape index (κ1) is 15.0. The second-order valence-corrected chi connectivity index (χ2v) is 5.85. The van der Waals surface area contributed by atoms with Crippen LogP contribution in [-0.2, 0) is 0 Å². The van der Waals surface area contributed by atoms with E-state index in [-0.39, 0.29) is 0 Å². The fourth-order valence-electron chi connectivity index (χ4n) is 3.30. The van der Waals surface area contributed by atoms with Crippen molar-refractivity contribution in [1.82, 2.24) is 5.32 Å². The predicted octanol–water partition coefficient (Wildman–Crippen LogP) is 4.91. The monoisotopic (exact) mass is 239 g/mol. The highest BCUT2D eigenvalue weighted by atomic mass is 14.9. The molecule has 1 heteroatoms. The van der Waals surface area contributed by atoms with E-state index in [0.29, 0.717) is 0 Å². The van der Waals surface area contributed by atoms with Crippen LogP contribution in [0.4, 0.5) is 0 Å². The molecule has 1 aliphatic rings.